The third-order valence-electron chi connectivity index (χ3n) is 5.25. The van der Waals surface area contributed by atoms with Crippen LogP contribution in [-0.2, 0) is 4.75 Å². The van der Waals surface area contributed by atoms with Crippen molar-refractivity contribution >= 4 is 22.8 Å². The van der Waals surface area contributed by atoms with Crippen LogP contribution in [0.5, 0.6) is 0 Å². The van der Waals surface area contributed by atoms with Gasteiger partial charge in [0.25, 0.3) is 0 Å². The van der Waals surface area contributed by atoms with Crippen molar-refractivity contribution in [3.8, 4) is 0 Å². The molecule has 0 aliphatic rings. The molecule has 0 spiro atoms. The van der Waals surface area contributed by atoms with Crippen LogP contribution in [0.3, 0.4) is 0 Å². The molecule has 0 saturated carbocycles. The third kappa shape index (κ3) is 3.38. The highest BCUT2D eigenvalue weighted by molar-refractivity contribution is 8.00. The predicted molar refractivity (Wildman–Crippen MR) is 125 cm³/mol. The van der Waals surface area contributed by atoms with Crippen LogP contribution in [0.1, 0.15) is 16.7 Å². The van der Waals surface area contributed by atoms with E-state index >= 15 is 0 Å². The number of hydrogen-bond acceptors (Lipinski definition) is 3. The topological polar surface area (TPSA) is 25.8 Å². The Hall–Kier alpha value is -3.43. The molecule has 2 nitrogen and oxygen atoms in total. The van der Waals surface area contributed by atoms with Crippen molar-refractivity contribution in [2.75, 3.05) is 0 Å². The molecule has 0 bridgehead atoms. The summed E-state index contributed by atoms with van der Waals surface area (Å²) in [5, 5.41) is 0. The second-order valence-electron chi connectivity index (χ2n) is 7.09. The largest absolute Gasteiger partial charge is 0.253 e. The van der Waals surface area contributed by atoms with Crippen LogP contribution in [0.4, 0.5) is 0 Å². The first-order chi connectivity index (χ1) is 14.9. The van der Waals surface area contributed by atoms with E-state index in [2.05, 4.69) is 119 Å². The molecule has 0 amide bonds. The number of nitrogens with zero attached hydrogens (tertiary/aromatic N) is 2. The molecule has 4 aromatic carbocycles. The number of hydrogen-bond donors (Lipinski definition) is 0. The molecule has 144 valence electrons. The lowest BCUT2D eigenvalue weighted by molar-refractivity contribution is 0.894. The van der Waals surface area contributed by atoms with Crippen LogP contribution in [0.15, 0.2) is 126 Å². The SMILES string of the molecule is c1ccc(C(Sc2ccc3nccnc3c2)(c2ccccc2)c2ccccc2)cc1. The first-order valence-corrected chi connectivity index (χ1v) is 10.7. The highest BCUT2D eigenvalue weighted by Crippen LogP contribution is 2.51. The van der Waals surface area contributed by atoms with E-state index in [-0.39, 0.29) is 4.75 Å². The highest BCUT2D eigenvalue weighted by atomic mass is 32.2. The molecule has 0 fully saturated rings. The fourth-order valence-corrected chi connectivity index (χ4v) is 5.30. The molecule has 0 saturated heterocycles. The van der Waals surface area contributed by atoms with Crippen LogP contribution < -0.4 is 0 Å². The van der Waals surface area contributed by atoms with Gasteiger partial charge < -0.3 is 0 Å². The fraction of sp³-hybridized carbons (Fsp3) is 0.0370. The number of fused-ring (bicyclic) bond motifs is 1. The van der Waals surface area contributed by atoms with Crippen molar-refractivity contribution < 1.29 is 0 Å². The molecule has 0 aliphatic carbocycles. The first kappa shape index (κ1) is 18.6. The van der Waals surface area contributed by atoms with Gasteiger partial charge in [0, 0.05) is 17.3 Å². The molecular formula is C27H20N2S. The zero-order valence-electron chi connectivity index (χ0n) is 16.3. The van der Waals surface area contributed by atoms with Crippen LogP contribution >= 0.6 is 11.8 Å². The maximum atomic E-state index is 4.51. The summed E-state index contributed by atoms with van der Waals surface area (Å²) >= 11 is 1.84. The fourth-order valence-electron chi connectivity index (χ4n) is 3.88. The standard InChI is InChI=1S/C27H20N2S/c1-4-10-21(11-5-1)27(22-12-6-2-7-13-22,23-14-8-3-9-15-23)30-24-16-17-25-26(20-24)29-19-18-28-25/h1-20H. The monoisotopic (exact) mass is 404 g/mol. The number of thioether (sulfide) groups is 1. The molecule has 1 heterocycles. The molecule has 5 aromatic rings. The average Bonchev–Trinajstić information content (AvgIpc) is 2.84. The van der Waals surface area contributed by atoms with Crippen molar-refractivity contribution in [1.29, 1.82) is 0 Å². The van der Waals surface area contributed by atoms with Crippen LogP contribution in [0, 0.1) is 0 Å². The Morgan fingerprint density at radius 3 is 1.47 bits per heavy atom. The molecule has 0 unspecified atom stereocenters. The molecule has 3 heteroatoms. The Labute approximate surface area is 180 Å². The van der Waals surface area contributed by atoms with Gasteiger partial charge in [0.1, 0.15) is 0 Å². The van der Waals surface area contributed by atoms with E-state index in [1.807, 2.05) is 11.8 Å². The Morgan fingerprint density at radius 1 is 0.500 bits per heavy atom. The molecule has 0 N–H and O–H groups in total. The van der Waals surface area contributed by atoms with E-state index in [1.54, 1.807) is 12.4 Å². The van der Waals surface area contributed by atoms with Crippen molar-refractivity contribution in [2.24, 2.45) is 0 Å². The van der Waals surface area contributed by atoms with Gasteiger partial charge in [-0.1, -0.05) is 91.0 Å². The van der Waals surface area contributed by atoms with Gasteiger partial charge in [-0.25, -0.2) is 0 Å². The number of aromatic nitrogens is 2. The van der Waals surface area contributed by atoms with Gasteiger partial charge in [-0.05, 0) is 34.9 Å². The number of rotatable bonds is 5. The van der Waals surface area contributed by atoms with Crippen molar-refractivity contribution in [3.63, 3.8) is 0 Å². The third-order valence-corrected chi connectivity index (χ3v) is 6.76. The molecule has 0 atom stereocenters. The van der Waals surface area contributed by atoms with E-state index in [4.69, 9.17) is 0 Å². The lowest BCUT2D eigenvalue weighted by Gasteiger charge is -2.35. The lowest BCUT2D eigenvalue weighted by Crippen LogP contribution is -2.25. The van der Waals surface area contributed by atoms with Gasteiger partial charge in [-0.2, -0.15) is 0 Å². The zero-order valence-corrected chi connectivity index (χ0v) is 17.2. The Balaban J connectivity index is 1.76. The summed E-state index contributed by atoms with van der Waals surface area (Å²) in [7, 11) is 0. The Bertz CT molecular complexity index is 1160. The first-order valence-electron chi connectivity index (χ1n) is 9.93. The summed E-state index contributed by atoms with van der Waals surface area (Å²) in [6.45, 7) is 0. The van der Waals surface area contributed by atoms with Crippen molar-refractivity contribution in [2.45, 2.75) is 9.64 Å². The molecule has 30 heavy (non-hydrogen) atoms. The quantitative estimate of drug-likeness (QED) is 0.240. The minimum absolute atomic E-state index is 0.389. The highest BCUT2D eigenvalue weighted by Gasteiger charge is 2.37. The zero-order chi connectivity index (χ0) is 20.2. The minimum Gasteiger partial charge on any atom is -0.253 e. The minimum atomic E-state index is -0.389. The van der Waals surface area contributed by atoms with E-state index in [0.717, 1.165) is 15.9 Å². The van der Waals surface area contributed by atoms with Crippen LogP contribution in [0.25, 0.3) is 11.0 Å². The molecule has 5 rings (SSSR count). The van der Waals surface area contributed by atoms with E-state index in [1.165, 1.54) is 16.7 Å². The van der Waals surface area contributed by atoms with Gasteiger partial charge in [-0.15, -0.1) is 11.8 Å². The van der Waals surface area contributed by atoms with Crippen molar-refractivity contribution in [3.05, 3.63) is 138 Å². The normalized spacial score (nSPS) is 11.5. The summed E-state index contributed by atoms with van der Waals surface area (Å²) in [5.74, 6) is 0. The van der Waals surface area contributed by atoms with Gasteiger partial charge in [-0.3, -0.25) is 9.97 Å². The molecule has 1 aromatic heterocycles. The Kier molecular flexibility index (Phi) is 5.04. The van der Waals surface area contributed by atoms with E-state index in [0.29, 0.717) is 0 Å². The maximum Gasteiger partial charge on any atom is 0.0954 e. The second kappa shape index (κ2) is 8.13. The Morgan fingerprint density at radius 2 is 0.967 bits per heavy atom. The van der Waals surface area contributed by atoms with Gasteiger partial charge >= 0.3 is 0 Å². The second-order valence-corrected chi connectivity index (χ2v) is 8.38. The lowest BCUT2D eigenvalue weighted by atomic mass is 9.84. The average molecular weight is 405 g/mol. The van der Waals surface area contributed by atoms with E-state index < -0.39 is 0 Å². The van der Waals surface area contributed by atoms with Gasteiger partial charge in [0.2, 0.25) is 0 Å². The van der Waals surface area contributed by atoms with Gasteiger partial charge in [0.05, 0.1) is 15.8 Å². The van der Waals surface area contributed by atoms with Crippen LogP contribution in [0.2, 0.25) is 0 Å². The number of benzene rings is 4. The maximum absolute atomic E-state index is 4.51. The summed E-state index contributed by atoms with van der Waals surface area (Å²) in [6, 6.07) is 38.5. The molecule has 0 aliphatic heterocycles. The summed E-state index contributed by atoms with van der Waals surface area (Å²) in [5.41, 5.74) is 5.54. The van der Waals surface area contributed by atoms with E-state index in [9.17, 15) is 0 Å². The smallest absolute Gasteiger partial charge is 0.0954 e. The van der Waals surface area contributed by atoms with Crippen LogP contribution in [-0.4, -0.2) is 9.97 Å². The molecular weight excluding hydrogens is 384 g/mol. The summed E-state index contributed by atoms with van der Waals surface area (Å²) in [6.07, 6.45) is 3.48. The molecule has 0 radical (unpaired) electrons. The summed E-state index contributed by atoms with van der Waals surface area (Å²) < 4.78 is -0.389. The summed E-state index contributed by atoms with van der Waals surface area (Å²) in [4.78, 5) is 10.1. The predicted octanol–water partition coefficient (Wildman–Crippen LogP) is 6.71. The van der Waals surface area contributed by atoms with Gasteiger partial charge in [0.15, 0.2) is 0 Å². The van der Waals surface area contributed by atoms with Crippen molar-refractivity contribution in [1.82, 2.24) is 9.97 Å².